The zero-order valence-electron chi connectivity index (χ0n) is 13.4. The summed E-state index contributed by atoms with van der Waals surface area (Å²) in [7, 11) is 0. The summed E-state index contributed by atoms with van der Waals surface area (Å²) < 4.78 is 5.85. The van der Waals surface area contributed by atoms with Gasteiger partial charge < -0.3 is 9.64 Å². The molecule has 0 aromatic heterocycles. The van der Waals surface area contributed by atoms with Gasteiger partial charge in [-0.3, -0.25) is 4.79 Å². The number of amides is 1. The Balaban J connectivity index is 1.70. The summed E-state index contributed by atoms with van der Waals surface area (Å²) in [6, 6.07) is 16.3. The lowest BCUT2D eigenvalue weighted by Crippen LogP contribution is -2.43. The molecule has 2 fully saturated rings. The molecule has 2 aliphatic heterocycles. The molecule has 24 heavy (non-hydrogen) atoms. The number of anilines is 1. The topological polar surface area (TPSA) is 32.8 Å². The van der Waals surface area contributed by atoms with E-state index in [0.29, 0.717) is 24.0 Å². The van der Waals surface area contributed by atoms with Crippen molar-refractivity contribution in [2.45, 2.75) is 37.5 Å². The molecule has 0 unspecified atom stereocenters. The lowest BCUT2D eigenvalue weighted by Gasteiger charge is -2.45. The molecule has 5 rings (SSSR count). The van der Waals surface area contributed by atoms with E-state index in [1.54, 1.807) is 6.92 Å². The van der Waals surface area contributed by atoms with Crippen LogP contribution in [0.4, 0.5) is 5.69 Å². The van der Waals surface area contributed by atoms with E-state index in [4.69, 9.17) is 16.3 Å². The fourth-order valence-corrected chi connectivity index (χ4v) is 4.93. The molecule has 0 bridgehead atoms. The van der Waals surface area contributed by atoms with E-state index in [1.165, 1.54) is 5.56 Å². The number of hydrogen-bond donors (Lipinski definition) is 0. The van der Waals surface area contributed by atoms with Crippen LogP contribution in [0.1, 0.15) is 36.4 Å². The lowest BCUT2D eigenvalue weighted by atomic mass is 9.75. The third-order valence-electron chi connectivity index (χ3n) is 5.73. The quantitative estimate of drug-likeness (QED) is 0.725. The van der Waals surface area contributed by atoms with Gasteiger partial charge in [0.05, 0.1) is 18.2 Å². The van der Waals surface area contributed by atoms with E-state index in [9.17, 15) is 4.79 Å². The summed E-state index contributed by atoms with van der Waals surface area (Å²) in [4.78, 5) is 14.5. The van der Waals surface area contributed by atoms with Crippen LogP contribution in [0.2, 0.25) is 5.02 Å². The Hall–Kier alpha value is -1.84. The van der Waals surface area contributed by atoms with Gasteiger partial charge in [0.2, 0.25) is 5.91 Å². The third kappa shape index (κ3) is 1.98. The first kappa shape index (κ1) is 14.5. The number of hydrogen-bond acceptors (Lipinski definition) is 2. The van der Waals surface area contributed by atoms with Crippen molar-refractivity contribution in [3.05, 3.63) is 64.7 Å². The highest BCUT2D eigenvalue weighted by Gasteiger charge is 2.61. The standard InChI is InChI=1S/C20H18ClNO2/c1-11(23)22-16-5-3-2-4-14(16)18-15(10-17-20(18)24-17)19(22)12-6-8-13(21)9-7-12/h2-9,15,17-20H,10H2,1H3/t15-,17+,18-,19-,20+/m1/s1. The normalized spacial score (nSPS) is 32.8. The largest absolute Gasteiger partial charge is 0.369 e. The second-order valence-electron chi connectivity index (χ2n) is 7.01. The highest BCUT2D eigenvalue weighted by atomic mass is 35.5. The Morgan fingerprint density at radius 1 is 1.17 bits per heavy atom. The summed E-state index contributed by atoms with van der Waals surface area (Å²) in [5, 5.41) is 0.721. The zero-order valence-corrected chi connectivity index (χ0v) is 14.1. The van der Waals surface area contributed by atoms with Gasteiger partial charge in [0.25, 0.3) is 0 Å². The first-order valence-electron chi connectivity index (χ1n) is 8.45. The molecule has 0 spiro atoms. The molecule has 0 radical (unpaired) electrons. The van der Waals surface area contributed by atoms with E-state index in [1.807, 2.05) is 23.1 Å². The molecule has 2 heterocycles. The average molecular weight is 340 g/mol. The van der Waals surface area contributed by atoms with Crippen molar-refractivity contribution in [3.63, 3.8) is 0 Å². The molecule has 3 aliphatic rings. The second kappa shape index (κ2) is 5.08. The molecule has 1 saturated carbocycles. The number of ether oxygens (including phenoxy) is 1. The molecule has 0 N–H and O–H groups in total. The van der Waals surface area contributed by atoms with Crippen LogP contribution in [0.15, 0.2) is 48.5 Å². The van der Waals surface area contributed by atoms with Gasteiger partial charge >= 0.3 is 0 Å². The van der Waals surface area contributed by atoms with E-state index >= 15 is 0 Å². The highest BCUT2D eigenvalue weighted by molar-refractivity contribution is 6.30. The molecule has 2 aromatic carbocycles. The van der Waals surface area contributed by atoms with Crippen molar-refractivity contribution in [2.75, 3.05) is 4.90 Å². The fourth-order valence-electron chi connectivity index (χ4n) is 4.81. The third-order valence-corrected chi connectivity index (χ3v) is 5.98. The van der Waals surface area contributed by atoms with E-state index in [2.05, 4.69) is 30.3 Å². The molecular weight excluding hydrogens is 322 g/mol. The van der Waals surface area contributed by atoms with Crippen LogP contribution in [0.25, 0.3) is 0 Å². The maximum Gasteiger partial charge on any atom is 0.224 e. The van der Waals surface area contributed by atoms with Crippen LogP contribution < -0.4 is 4.90 Å². The van der Waals surface area contributed by atoms with Crippen molar-refractivity contribution in [1.82, 2.24) is 0 Å². The number of rotatable bonds is 1. The number of nitrogens with zero attached hydrogens (tertiary/aromatic N) is 1. The Kier molecular flexibility index (Phi) is 3.07. The molecule has 3 nitrogen and oxygen atoms in total. The number of carbonyl (C=O) groups is 1. The van der Waals surface area contributed by atoms with Gasteiger partial charge in [-0.25, -0.2) is 0 Å². The van der Waals surface area contributed by atoms with Crippen molar-refractivity contribution >= 4 is 23.2 Å². The molecule has 122 valence electrons. The first-order valence-corrected chi connectivity index (χ1v) is 8.82. The predicted octanol–water partition coefficient (Wildman–Crippen LogP) is 4.32. The van der Waals surface area contributed by atoms with Gasteiger partial charge in [0, 0.05) is 23.6 Å². The van der Waals surface area contributed by atoms with Crippen LogP contribution in [0.3, 0.4) is 0 Å². The molecule has 2 aromatic rings. The Morgan fingerprint density at radius 3 is 2.67 bits per heavy atom. The summed E-state index contributed by atoms with van der Waals surface area (Å²) in [6.07, 6.45) is 1.69. The highest BCUT2D eigenvalue weighted by Crippen LogP contribution is 2.61. The van der Waals surface area contributed by atoms with Crippen LogP contribution >= 0.6 is 11.6 Å². The minimum atomic E-state index is 0.0519. The first-order chi connectivity index (χ1) is 11.6. The Morgan fingerprint density at radius 2 is 1.92 bits per heavy atom. The summed E-state index contributed by atoms with van der Waals surface area (Å²) in [6.45, 7) is 1.66. The van der Waals surface area contributed by atoms with Crippen molar-refractivity contribution in [2.24, 2.45) is 5.92 Å². The number of para-hydroxylation sites is 1. The smallest absolute Gasteiger partial charge is 0.224 e. The van der Waals surface area contributed by atoms with Crippen LogP contribution in [0.5, 0.6) is 0 Å². The Labute approximate surface area is 146 Å². The van der Waals surface area contributed by atoms with Gasteiger partial charge in [0.1, 0.15) is 0 Å². The molecule has 5 atom stereocenters. The number of halogens is 1. The van der Waals surface area contributed by atoms with E-state index in [-0.39, 0.29) is 11.9 Å². The summed E-state index contributed by atoms with van der Waals surface area (Å²) in [5.74, 6) is 0.860. The van der Waals surface area contributed by atoms with Gasteiger partial charge in [-0.05, 0) is 41.7 Å². The van der Waals surface area contributed by atoms with Crippen LogP contribution in [0, 0.1) is 5.92 Å². The zero-order chi connectivity index (χ0) is 16.4. The fraction of sp³-hybridized carbons (Fsp3) is 0.350. The van der Waals surface area contributed by atoms with Crippen molar-refractivity contribution in [1.29, 1.82) is 0 Å². The maximum absolute atomic E-state index is 12.6. The number of benzene rings is 2. The van der Waals surface area contributed by atoms with Crippen LogP contribution in [-0.2, 0) is 9.53 Å². The van der Waals surface area contributed by atoms with Gasteiger partial charge in [-0.15, -0.1) is 0 Å². The summed E-state index contributed by atoms with van der Waals surface area (Å²) >= 11 is 6.07. The SMILES string of the molecule is CC(=O)N1c2ccccc2[C@@H]2[C@@H](C[C@@H]3O[C@H]23)[C@H]1c1ccc(Cl)cc1. The average Bonchev–Trinajstić information content (AvgIpc) is 3.24. The molecule has 1 saturated heterocycles. The maximum atomic E-state index is 12.6. The predicted molar refractivity (Wildman–Crippen MR) is 93.3 cm³/mol. The molecule has 1 aliphatic carbocycles. The molecule has 4 heteroatoms. The monoisotopic (exact) mass is 339 g/mol. The summed E-state index contributed by atoms with van der Waals surface area (Å²) in [5.41, 5.74) is 3.44. The Bertz CT molecular complexity index is 819. The van der Waals surface area contributed by atoms with E-state index < -0.39 is 0 Å². The molecule has 1 amide bonds. The van der Waals surface area contributed by atoms with Crippen molar-refractivity contribution in [3.8, 4) is 0 Å². The molecular formula is C20H18ClNO2. The minimum absolute atomic E-state index is 0.0519. The van der Waals surface area contributed by atoms with E-state index in [0.717, 1.165) is 22.7 Å². The second-order valence-corrected chi connectivity index (χ2v) is 7.45. The van der Waals surface area contributed by atoms with Gasteiger partial charge in [-0.1, -0.05) is 41.9 Å². The van der Waals surface area contributed by atoms with Gasteiger partial charge in [-0.2, -0.15) is 0 Å². The lowest BCUT2D eigenvalue weighted by molar-refractivity contribution is -0.117. The van der Waals surface area contributed by atoms with Crippen LogP contribution in [-0.4, -0.2) is 18.1 Å². The number of fused-ring (bicyclic) bond motifs is 5. The minimum Gasteiger partial charge on any atom is -0.369 e. The van der Waals surface area contributed by atoms with Crippen molar-refractivity contribution < 1.29 is 9.53 Å². The van der Waals surface area contributed by atoms with Gasteiger partial charge in [0.15, 0.2) is 0 Å². The number of epoxide rings is 1. The number of carbonyl (C=O) groups excluding carboxylic acids is 1.